The molecule has 0 aliphatic carbocycles. The number of imidazole rings is 1. The molecule has 3 rings (SSSR count). The van der Waals surface area contributed by atoms with Crippen molar-refractivity contribution in [3.05, 3.63) is 28.3 Å². The molecule has 0 radical (unpaired) electrons. The minimum Gasteiger partial charge on any atom is -0.340 e. The van der Waals surface area contributed by atoms with Gasteiger partial charge in [-0.3, -0.25) is 10.1 Å². The Balaban J connectivity index is 1.97. The molecule has 0 unspecified atom stereocenters. The molecule has 1 saturated heterocycles. The van der Waals surface area contributed by atoms with Crippen molar-refractivity contribution in [3.63, 3.8) is 0 Å². The van der Waals surface area contributed by atoms with Gasteiger partial charge in [-0.2, -0.15) is 0 Å². The van der Waals surface area contributed by atoms with E-state index in [0.717, 1.165) is 37.6 Å². The minimum atomic E-state index is -0.404. The Morgan fingerprint density at radius 3 is 2.83 bits per heavy atom. The van der Waals surface area contributed by atoms with Gasteiger partial charge in [-0.05, 0) is 6.07 Å². The fourth-order valence-electron chi connectivity index (χ4n) is 2.12. The second kappa shape index (κ2) is 4.26. The number of rotatable bonds is 2. The first-order valence-corrected chi connectivity index (χ1v) is 5.84. The maximum atomic E-state index is 10.7. The largest absolute Gasteiger partial charge is 0.340 e. The second-order valence-corrected chi connectivity index (χ2v) is 4.26. The molecule has 7 heteroatoms. The molecular formula is C11H13N5O2. The zero-order chi connectivity index (χ0) is 12.5. The van der Waals surface area contributed by atoms with Gasteiger partial charge in [-0.25, -0.2) is 4.98 Å². The van der Waals surface area contributed by atoms with Crippen molar-refractivity contribution < 1.29 is 4.92 Å². The topological polar surface area (TPSA) is 87.1 Å². The van der Waals surface area contributed by atoms with E-state index >= 15 is 0 Å². The highest BCUT2D eigenvalue weighted by molar-refractivity contribution is 5.80. The molecule has 94 valence electrons. The molecule has 1 aromatic heterocycles. The zero-order valence-electron chi connectivity index (χ0n) is 9.72. The Morgan fingerprint density at radius 1 is 1.33 bits per heavy atom. The minimum absolute atomic E-state index is 0.0702. The summed E-state index contributed by atoms with van der Waals surface area (Å²) in [7, 11) is 0. The van der Waals surface area contributed by atoms with Gasteiger partial charge in [-0.15, -0.1) is 0 Å². The summed E-state index contributed by atoms with van der Waals surface area (Å²) in [5.41, 5.74) is 1.53. The van der Waals surface area contributed by atoms with Gasteiger partial charge in [0, 0.05) is 38.3 Å². The van der Waals surface area contributed by atoms with Crippen molar-refractivity contribution in [1.82, 2.24) is 15.3 Å². The Hall–Kier alpha value is -2.15. The van der Waals surface area contributed by atoms with Crippen LogP contribution >= 0.6 is 0 Å². The van der Waals surface area contributed by atoms with Crippen LogP contribution < -0.4 is 10.2 Å². The van der Waals surface area contributed by atoms with E-state index in [0.29, 0.717) is 5.52 Å². The maximum absolute atomic E-state index is 10.7. The van der Waals surface area contributed by atoms with Crippen molar-refractivity contribution in [1.29, 1.82) is 0 Å². The van der Waals surface area contributed by atoms with Crippen molar-refractivity contribution in [2.75, 3.05) is 31.1 Å². The number of hydrogen-bond acceptors (Lipinski definition) is 5. The van der Waals surface area contributed by atoms with Crippen LogP contribution in [0.4, 0.5) is 11.6 Å². The van der Waals surface area contributed by atoms with E-state index in [1.165, 1.54) is 12.1 Å². The van der Waals surface area contributed by atoms with Gasteiger partial charge in [0.05, 0.1) is 16.0 Å². The van der Waals surface area contributed by atoms with E-state index in [9.17, 15) is 10.1 Å². The van der Waals surface area contributed by atoms with Gasteiger partial charge in [0.15, 0.2) is 0 Å². The lowest BCUT2D eigenvalue weighted by Gasteiger charge is -2.26. The average Bonchev–Trinajstić information content (AvgIpc) is 2.82. The van der Waals surface area contributed by atoms with Gasteiger partial charge in [0.1, 0.15) is 0 Å². The SMILES string of the molecule is O=[N+]([O-])c1ccc2[nH]c(N3CCNCC3)nc2c1. The van der Waals surface area contributed by atoms with Crippen LogP contribution in [-0.4, -0.2) is 41.1 Å². The van der Waals surface area contributed by atoms with Crippen molar-refractivity contribution >= 4 is 22.7 Å². The molecule has 0 saturated carbocycles. The van der Waals surface area contributed by atoms with Gasteiger partial charge in [0.2, 0.25) is 5.95 Å². The predicted molar refractivity (Wildman–Crippen MR) is 67.8 cm³/mol. The Bertz CT molecular complexity index is 588. The monoisotopic (exact) mass is 247 g/mol. The summed E-state index contributed by atoms with van der Waals surface area (Å²) in [4.78, 5) is 20.1. The van der Waals surface area contributed by atoms with E-state index in [1.54, 1.807) is 6.07 Å². The lowest BCUT2D eigenvalue weighted by atomic mass is 10.3. The Labute approximate surface area is 103 Å². The van der Waals surface area contributed by atoms with Gasteiger partial charge < -0.3 is 15.2 Å². The average molecular weight is 247 g/mol. The molecule has 2 N–H and O–H groups in total. The van der Waals surface area contributed by atoms with Crippen LogP contribution in [0.1, 0.15) is 0 Å². The first kappa shape index (κ1) is 11.0. The third-order valence-electron chi connectivity index (χ3n) is 3.08. The molecule has 0 amide bonds. The summed E-state index contributed by atoms with van der Waals surface area (Å²) < 4.78 is 0. The van der Waals surface area contributed by atoms with Crippen LogP contribution in [0.15, 0.2) is 18.2 Å². The molecule has 2 heterocycles. The number of piperazine rings is 1. The number of nitrogens with zero attached hydrogens (tertiary/aromatic N) is 3. The first-order valence-electron chi connectivity index (χ1n) is 5.84. The number of aromatic amines is 1. The number of benzene rings is 1. The molecule has 1 aromatic carbocycles. The molecule has 0 spiro atoms. The number of non-ortho nitro benzene ring substituents is 1. The quantitative estimate of drug-likeness (QED) is 0.607. The molecule has 0 atom stereocenters. The fraction of sp³-hybridized carbons (Fsp3) is 0.364. The number of nitro groups is 1. The highest BCUT2D eigenvalue weighted by atomic mass is 16.6. The molecule has 18 heavy (non-hydrogen) atoms. The Kier molecular flexibility index (Phi) is 2.60. The normalized spacial score (nSPS) is 16.1. The van der Waals surface area contributed by atoms with E-state index < -0.39 is 4.92 Å². The number of aromatic nitrogens is 2. The third kappa shape index (κ3) is 1.88. The lowest BCUT2D eigenvalue weighted by molar-refractivity contribution is -0.384. The van der Waals surface area contributed by atoms with Crippen LogP contribution in [0, 0.1) is 10.1 Å². The van der Waals surface area contributed by atoms with Crippen LogP contribution in [0.3, 0.4) is 0 Å². The fourth-order valence-corrected chi connectivity index (χ4v) is 2.12. The third-order valence-corrected chi connectivity index (χ3v) is 3.08. The molecule has 0 bridgehead atoms. The number of nitrogens with one attached hydrogen (secondary N) is 2. The van der Waals surface area contributed by atoms with E-state index in [4.69, 9.17) is 0 Å². The number of fused-ring (bicyclic) bond motifs is 1. The van der Waals surface area contributed by atoms with Gasteiger partial charge in [0.25, 0.3) is 5.69 Å². The number of nitro benzene ring substituents is 1. The summed E-state index contributed by atoms with van der Waals surface area (Å²) in [6.07, 6.45) is 0. The smallest absolute Gasteiger partial charge is 0.271 e. The first-order chi connectivity index (χ1) is 8.74. The highest BCUT2D eigenvalue weighted by Gasteiger charge is 2.15. The zero-order valence-corrected chi connectivity index (χ0v) is 9.72. The molecular weight excluding hydrogens is 234 g/mol. The highest BCUT2D eigenvalue weighted by Crippen LogP contribution is 2.22. The van der Waals surface area contributed by atoms with Gasteiger partial charge >= 0.3 is 0 Å². The van der Waals surface area contributed by atoms with E-state index in [1.807, 2.05) is 0 Å². The lowest BCUT2D eigenvalue weighted by Crippen LogP contribution is -2.44. The number of anilines is 1. The van der Waals surface area contributed by atoms with E-state index in [2.05, 4.69) is 20.2 Å². The predicted octanol–water partition coefficient (Wildman–Crippen LogP) is 0.881. The molecule has 1 fully saturated rings. The van der Waals surface area contributed by atoms with Crippen LogP contribution in [0.2, 0.25) is 0 Å². The summed E-state index contributed by atoms with van der Waals surface area (Å²) in [6.45, 7) is 3.64. The molecule has 1 aliphatic rings. The van der Waals surface area contributed by atoms with Crippen molar-refractivity contribution in [2.24, 2.45) is 0 Å². The number of hydrogen-bond donors (Lipinski definition) is 2. The van der Waals surface area contributed by atoms with Crippen LogP contribution in [0.25, 0.3) is 11.0 Å². The molecule has 1 aliphatic heterocycles. The van der Waals surface area contributed by atoms with Crippen LogP contribution in [0.5, 0.6) is 0 Å². The maximum Gasteiger partial charge on any atom is 0.271 e. The molecule has 2 aromatic rings. The number of H-pyrrole nitrogens is 1. The second-order valence-electron chi connectivity index (χ2n) is 4.26. The summed E-state index contributed by atoms with van der Waals surface area (Å²) >= 11 is 0. The summed E-state index contributed by atoms with van der Waals surface area (Å²) in [6, 6.07) is 4.69. The summed E-state index contributed by atoms with van der Waals surface area (Å²) in [5, 5.41) is 14.0. The van der Waals surface area contributed by atoms with Gasteiger partial charge in [-0.1, -0.05) is 0 Å². The van der Waals surface area contributed by atoms with Crippen LogP contribution in [-0.2, 0) is 0 Å². The Morgan fingerprint density at radius 2 is 2.11 bits per heavy atom. The summed E-state index contributed by atoms with van der Waals surface area (Å²) in [5.74, 6) is 0.784. The molecule has 7 nitrogen and oxygen atoms in total. The van der Waals surface area contributed by atoms with Crippen molar-refractivity contribution in [2.45, 2.75) is 0 Å². The standard InChI is InChI=1S/C11H13N5O2/c17-16(18)8-1-2-9-10(7-8)14-11(13-9)15-5-3-12-4-6-15/h1-2,7,12H,3-6H2,(H,13,14). The van der Waals surface area contributed by atoms with Crippen molar-refractivity contribution in [3.8, 4) is 0 Å². The van der Waals surface area contributed by atoms with E-state index in [-0.39, 0.29) is 5.69 Å².